The third-order valence-electron chi connectivity index (χ3n) is 4.02. The number of anilines is 1. The molecule has 0 bridgehead atoms. The number of ether oxygens (including phenoxy) is 2. The van der Waals surface area contributed by atoms with Gasteiger partial charge in [0, 0.05) is 6.07 Å². The van der Waals surface area contributed by atoms with Crippen LogP contribution in [0, 0.1) is 0 Å². The van der Waals surface area contributed by atoms with Crippen LogP contribution in [0.25, 0.3) is 0 Å². The summed E-state index contributed by atoms with van der Waals surface area (Å²) in [6, 6.07) is 11.9. The molecule has 1 N–H and O–H groups in total. The Morgan fingerprint density at radius 2 is 1.71 bits per heavy atom. The van der Waals surface area contributed by atoms with Crippen molar-refractivity contribution in [2.75, 3.05) is 18.9 Å². The van der Waals surface area contributed by atoms with Crippen LogP contribution in [0.5, 0.6) is 11.5 Å². The summed E-state index contributed by atoms with van der Waals surface area (Å²) >= 11 is 0. The first-order valence-corrected chi connectivity index (χ1v) is 9.24. The molecule has 0 aliphatic rings. The van der Waals surface area contributed by atoms with E-state index in [-0.39, 0.29) is 4.90 Å². The van der Waals surface area contributed by atoms with Gasteiger partial charge in [0.1, 0.15) is 11.5 Å². The number of hydrogen-bond acceptors (Lipinski definition) is 4. The van der Waals surface area contributed by atoms with Crippen LogP contribution in [0.2, 0.25) is 0 Å². The van der Waals surface area contributed by atoms with E-state index in [9.17, 15) is 8.42 Å². The normalized spacial score (nSPS) is 12.5. The van der Waals surface area contributed by atoms with Crippen LogP contribution < -0.4 is 14.2 Å². The Bertz CT molecular complexity index is 785. The molecule has 0 saturated heterocycles. The Morgan fingerprint density at radius 1 is 1.04 bits per heavy atom. The van der Waals surface area contributed by atoms with E-state index in [1.54, 1.807) is 30.3 Å². The van der Waals surface area contributed by atoms with E-state index in [0.717, 1.165) is 12.0 Å². The van der Waals surface area contributed by atoms with E-state index in [2.05, 4.69) is 18.6 Å². The summed E-state index contributed by atoms with van der Waals surface area (Å²) in [5.74, 6) is 1.37. The van der Waals surface area contributed by atoms with Crippen molar-refractivity contribution in [2.45, 2.75) is 31.1 Å². The summed E-state index contributed by atoms with van der Waals surface area (Å²) in [5, 5.41) is 0. The molecule has 2 rings (SSSR count). The van der Waals surface area contributed by atoms with Crippen LogP contribution in [-0.2, 0) is 10.0 Å². The number of sulfonamides is 1. The molecule has 2 aromatic carbocycles. The Labute approximate surface area is 143 Å². The average Bonchev–Trinajstić information content (AvgIpc) is 2.60. The Balaban J connectivity index is 2.31. The first-order valence-electron chi connectivity index (χ1n) is 7.76. The lowest BCUT2D eigenvalue weighted by Gasteiger charge is -2.14. The lowest BCUT2D eigenvalue weighted by atomic mass is 9.99. The van der Waals surface area contributed by atoms with Crippen LogP contribution in [0.15, 0.2) is 47.4 Å². The van der Waals surface area contributed by atoms with Gasteiger partial charge in [-0.2, -0.15) is 0 Å². The van der Waals surface area contributed by atoms with Crippen LogP contribution in [-0.4, -0.2) is 22.6 Å². The maximum Gasteiger partial charge on any atom is 0.262 e. The van der Waals surface area contributed by atoms with Gasteiger partial charge in [0.05, 0.1) is 24.8 Å². The molecule has 0 heterocycles. The standard InChI is InChI=1S/C18H23NO4S/c1-5-13(2)14-6-9-16(10-7-14)24(20,21)19-17-12-15(22-3)8-11-18(17)23-4/h6-13,19H,5H2,1-4H3/t13-/m1/s1. The number of benzene rings is 2. The van der Waals surface area contributed by atoms with Gasteiger partial charge in [0.25, 0.3) is 10.0 Å². The lowest BCUT2D eigenvalue weighted by Crippen LogP contribution is -2.14. The van der Waals surface area contributed by atoms with Crippen molar-refractivity contribution in [1.82, 2.24) is 0 Å². The highest BCUT2D eigenvalue weighted by molar-refractivity contribution is 7.92. The molecule has 24 heavy (non-hydrogen) atoms. The summed E-state index contributed by atoms with van der Waals surface area (Å²) in [6.07, 6.45) is 1.01. The zero-order valence-electron chi connectivity index (χ0n) is 14.4. The van der Waals surface area contributed by atoms with Gasteiger partial charge in [0.2, 0.25) is 0 Å². The second kappa shape index (κ2) is 7.57. The zero-order valence-corrected chi connectivity index (χ0v) is 15.2. The van der Waals surface area contributed by atoms with Gasteiger partial charge in [-0.05, 0) is 42.2 Å². The second-order valence-corrected chi connectivity index (χ2v) is 7.23. The highest BCUT2D eigenvalue weighted by Gasteiger charge is 2.17. The first-order chi connectivity index (χ1) is 11.4. The van der Waals surface area contributed by atoms with Crippen molar-refractivity contribution >= 4 is 15.7 Å². The summed E-state index contributed by atoms with van der Waals surface area (Å²) in [7, 11) is -0.697. The van der Waals surface area contributed by atoms with E-state index < -0.39 is 10.0 Å². The smallest absolute Gasteiger partial charge is 0.262 e. The lowest BCUT2D eigenvalue weighted by molar-refractivity contribution is 0.405. The van der Waals surface area contributed by atoms with Crippen molar-refractivity contribution in [2.24, 2.45) is 0 Å². The monoisotopic (exact) mass is 349 g/mol. The maximum atomic E-state index is 12.6. The number of hydrogen-bond donors (Lipinski definition) is 1. The quantitative estimate of drug-likeness (QED) is 0.820. The molecular formula is C18H23NO4S. The number of rotatable bonds is 7. The third kappa shape index (κ3) is 4.00. The van der Waals surface area contributed by atoms with Gasteiger partial charge < -0.3 is 9.47 Å². The van der Waals surface area contributed by atoms with Gasteiger partial charge in [0.15, 0.2) is 0 Å². The molecule has 0 aliphatic heterocycles. The fourth-order valence-electron chi connectivity index (χ4n) is 2.31. The van der Waals surface area contributed by atoms with E-state index in [0.29, 0.717) is 23.1 Å². The van der Waals surface area contributed by atoms with Crippen molar-refractivity contribution in [3.63, 3.8) is 0 Å². The molecule has 0 radical (unpaired) electrons. The Kier molecular flexibility index (Phi) is 5.72. The van der Waals surface area contributed by atoms with E-state index >= 15 is 0 Å². The summed E-state index contributed by atoms with van der Waals surface area (Å²) < 4.78 is 38.1. The molecule has 130 valence electrons. The molecule has 1 atom stereocenters. The Hall–Kier alpha value is -2.21. The molecule has 0 saturated carbocycles. The van der Waals surface area contributed by atoms with Crippen molar-refractivity contribution in [3.8, 4) is 11.5 Å². The van der Waals surface area contributed by atoms with Gasteiger partial charge >= 0.3 is 0 Å². The molecule has 0 fully saturated rings. The molecule has 0 spiro atoms. The molecule has 0 aromatic heterocycles. The SMILES string of the molecule is CC[C@@H](C)c1ccc(S(=O)(=O)Nc2cc(OC)ccc2OC)cc1. The van der Waals surface area contributed by atoms with Crippen LogP contribution in [0.4, 0.5) is 5.69 Å². The van der Waals surface area contributed by atoms with Gasteiger partial charge in [-0.25, -0.2) is 8.42 Å². The average molecular weight is 349 g/mol. The van der Waals surface area contributed by atoms with Gasteiger partial charge in [-0.15, -0.1) is 0 Å². The highest BCUT2D eigenvalue weighted by atomic mass is 32.2. The minimum atomic E-state index is -3.71. The zero-order chi connectivity index (χ0) is 17.7. The summed E-state index contributed by atoms with van der Waals surface area (Å²) in [4.78, 5) is 0.208. The summed E-state index contributed by atoms with van der Waals surface area (Å²) in [6.45, 7) is 4.22. The molecule has 5 nitrogen and oxygen atoms in total. The van der Waals surface area contributed by atoms with Crippen LogP contribution >= 0.6 is 0 Å². The molecule has 6 heteroatoms. The van der Waals surface area contributed by atoms with Gasteiger partial charge in [-0.1, -0.05) is 26.0 Å². The number of nitrogens with one attached hydrogen (secondary N) is 1. The second-order valence-electron chi connectivity index (χ2n) is 5.55. The van der Waals surface area contributed by atoms with E-state index in [1.807, 2.05) is 12.1 Å². The Morgan fingerprint density at radius 3 is 2.25 bits per heavy atom. The van der Waals surface area contributed by atoms with Crippen molar-refractivity contribution in [3.05, 3.63) is 48.0 Å². The van der Waals surface area contributed by atoms with E-state index in [4.69, 9.17) is 9.47 Å². The third-order valence-corrected chi connectivity index (χ3v) is 5.40. The molecule has 0 aliphatic carbocycles. The molecular weight excluding hydrogens is 326 g/mol. The molecule has 0 unspecified atom stereocenters. The van der Waals surface area contributed by atoms with Crippen LogP contribution in [0.3, 0.4) is 0 Å². The van der Waals surface area contributed by atoms with Crippen molar-refractivity contribution in [1.29, 1.82) is 0 Å². The maximum absolute atomic E-state index is 12.6. The fourth-order valence-corrected chi connectivity index (χ4v) is 3.37. The highest BCUT2D eigenvalue weighted by Crippen LogP contribution is 2.31. The minimum absolute atomic E-state index is 0.208. The van der Waals surface area contributed by atoms with E-state index in [1.165, 1.54) is 14.2 Å². The fraction of sp³-hybridized carbons (Fsp3) is 0.333. The topological polar surface area (TPSA) is 64.6 Å². The largest absolute Gasteiger partial charge is 0.497 e. The van der Waals surface area contributed by atoms with Crippen molar-refractivity contribution < 1.29 is 17.9 Å². The minimum Gasteiger partial charge on any atom is -0.497 e. The first kappa shape index (κ1) is 18.1. The number of methoxy groups -OCH3 is 2. The van der Waals surface area contributed by atoms with Gasteiger partial charge in [-0.3, -0.25) is 4.72 Å². The predicted molar refractivity (Wildman–Crippen MR) is 95.5 cm³/mol. The predicted octanol–water partition coefficient (Wildman–Crippen LogP) is 4.02. The summed E-state index contributed by atoms with van der Waals surface area (Å²) in [5.41, 5.74) is 1.46. The molecule has 2 aromatic rings. The van der Waals surface area contributed by atoms with Crippen LogP contribution in [0.1, 0.15) is 31.7 Å². The molecule has 0 amide bonds.